The smallest absolute Gasteiger partial charge is 0.207 e. The summed E-state index contributed by atoms with van der Waals surface area (Å²) in [7, 11) is 0. The zero-order valence-corrected chi connectivity index (χ0v) is 6.25. The van der Waals surface area contributed by atoms with Crippen LogP contribution in [0.5, 0.6) is 0 Å². The molecule has 9 heavy (non-hydrogen) atoms. The van der Waals surface area contributed by atoms with E-state index in [9.17, 15) is 8.78 Å². The van der Waals surface area contributed by atoms with Crippen LogP contribution in [0.2, 0.25) is 0 Å². The van der Waals surface area contributed by atoms with Crippen molar-refractivity contribution in [3.63, 3.8) is 0 Å². The molecule has 0 aliphatic carbocycles. The average Bonchev–Trinajstić information content (AvgIpc) is 1.69. The molecule has 0 amide bonds. The van der Waals surface area contributed by atoms with Gasteiger partial charge in [0.1, 0.15) is 0 Å². The Hall–Kier alpha value is -0.400. The van der Waals surface area contributed by atoms with Crippen LogP contribution in [-0.2, 0) is 0 Å². The first kappa shape index (κ1) is 11.4. The Morgan fingerprint density at radius 1 is 1.44 bits per heavy atom. The lowest BCUT2D eigenvalue weighted by Crippen LogP contribution is -2.06. The normalized spacial score (nSPS) is 9.44. The average molecular weight is 136 g/mol. The zero-order chi connectivity index (χ0) is 7.91. The molecule has 0 saturated carbocycles. The van der Waals surface area contributed by atoms with E-state index in [-0.39, 0.29) is 6.42 Å². The van der Waals surface area contributed by atoms with Gasteiger partial charge in [0.15, 0.2) is 0 Å². The van der Waals surface area contributed by atoms with E-state index in [1.54, 1.807) is 0 Å². The maximum atomic E-state index is 11.7. The van der Waals surface area contributed by atoms with E-state index in [4.69, 9.17) is 0 Å². The van der Waals surface area contributed by atoms with Crippen molar-refractivity contribution in [1.29, 1.82) is 0 Å². The molecular formula is C7H14F2. The number of hydrogen-bond donors (Lipinski definition) is 0. The quantitative estimate of drug-likeness (QED) is 0.511. The van der Waals surface area contributed by atoms with Gasteiger partial charge in [-0.05, 0) is 6.92 Å². The zero-order valence-electron chi connectivity index (χ0n) is 6.25. The summed E-state index contributed by atoms with van der Waals surface area (Å²) < 4.78 is 23.3. The summed E-state index contributed by atoms with van der Waals surface area (Å²) in [6.07, 6.45) is 0.979. The molecule has 0 aliphatic heterocycles. The topological polar surface area (TPSA) is 0 Å². The number of rotatable bonds is 2. The van der Waals surface area contributed by atoms with E-state index in [1.165, 1.54) is 6.08 Å². The first-order chi connectivity index (χ1) is 4.06. The van der Waals surface area contributed by atoms with Crippen molar-refractivity contribution in [3.8, 4) is 0 Å². The van der Waals surface area contributed by atoms with Crippen molar-refractivity contribution in [3.05, 3.63) is 12.7 Å². The molecule has 2 heteroatoms. The SMILES string of the molecule is C=CCC(C)(F)F.CC. The second-order valence-corrected chi connectivity index (χ2v) is 1.56. The highest BCUT2D eigenvalue weighted by Crippen LogP contribution is 2.15. The van der Waals surface area contributed by atoms with Gasteiger partial charge in [0, 0.05) is 6.42 Å². The number of allylic oxidation sites excluding steroid dienone is 1. The Kier molecular flexibility index (Phi) is 7.26. The van der Waals surface area contributed by atoms with Crippen molar-refractivity contribution in [2.45, 2.75) is 33.1 Å². The molecule has 0 saturated heterocycles. The van der Waals surface area contributed by atoms with Crippen molar-refractivity contribution in [1.82, 2.24) is 0 Å². The third-order valence-electron chi connectivity index (χ3n) is 0.503. The Morgan fingerprint density at radius 3 is 1.78 bits per heavy atom. The predicted molar refractivity (Wildman–Crippen MR) is 36.8 cm³/mol. The fourth-order valence-electron chi connectivity index (χ4n) is 0.253. The molecule has 0 aromatic carbocycles. The van der Waals surface area contributed by atoms with Crippen LogP contribution in [0, 0.1) is 0 Å². The summed E-state index contributed by atoms with van der Waals surface area (Å²) >= 11 is 0. The van der Waals surface area contributed by atoms with Gasteiger partial charge in [0.05, 0.1) is 0 Å². The van der Waals surface area contributed by atoms with E-state index in [0.717, 1.165) is 6.92 Å². The molecule has 0 aromatic heterocycles. The van der Waals surface area contributed by atoms with Gasteiger partial charge in [-0.1, -0.05) is 19.9 Å². The van der Waals surface area contributed by atoms with E-state index in [0.29, 0.717) is 0 Å². The van der Waals surface area contributed by atoms with Crippen LogP contribution in [0.1, 0.15) is 27.2 Å². The van der Waals surface area contributed by atoms with E-state index < -0.39 is 5.92 Å². The molecule has 0 aliphatic rings. The van der Waals surface area contributed by atoms with Gasteiger partial charge in [-0.15, -0.1) is 6.58 Å². The molecule has 0 atom stereocenters. The molecule has 0 fully saturated rings. The van der Waals surface area contributed by atoms with Crippen LogP contribution < -0.4 is 0 Å². The van der Waals surface area contributed by atoms with Crippen LogP contribution >= 0.6 is 0 Å². The summed E-state index contributed by atoms with van der Waals surface area (Å²) in [6.45, 7) is 8.04. The van der Waals surface area contributed by atoms with E-state index in [2.05, 4.69) is 6.58 Å². The number of alkyl halides is 2. The predicted octanol–water partition coefficient (Wildman–Crippen LogP) is 3.24. The van der Waals surface area contributed by atoms with Crippen LogP contribution in [-0.4, -0.2) is 5.92 Å². The van der Waals surface area contributed by atoms with Crippen LogP contribution in [0.3, 0.4) is 0 Å². The Labute approximate surface area is 55.6 Å². The van der Waals surface area contributed by atoms with Gasteiger partial charge in [-0.3, -0.25) is 0 Å². The molecule has 0 radical (unpaired) electrons. The molecule has 0 aromatic rings. The molecule has 0 N–H and O–H groups in total. The summed E-state index contributed by atoms with van der Waals surface area (Å²) in [6, 6.07) is 0. The van der Waals surface area contributed by atoms with Crippen LogP contribution in [0.25, 0.3) is 0 Å². The van der Waals surface area contributed by atoms with Gasteiger partial charge in [0.25, 0.3) is 0 Å². The molecule has 0 heterocycles. The summed E-state index contributed by atoms with van der Waals surface area (Å²) in [5, 5.41) is 0. The van der Waals surface area contributed by atoms with Crippen molar-refractivity contribution in [2.24, 2.45) is 0 Å². The second kappa shape index (κ2) is 5.73. The monoisotopic (exact) mass is 136 g/mol. The molecule has 0 unspecified atom stereocenters. The lowest BCUT2D eigenvalue weighted by Gasteiger charge is -2.03. The lowest BCUT2D eigenvalue weighted by molar-refractivity contribution is 0.0256. The first-order valence-corrected chi connectivity index (χ1v) is 3.05. The highest BCUT2D eigenvalue weighted by atomic mass is 19.3. The van der Waals surface area contributed by atoms with Crippen molar-refractivity contribution >= 4 is 0 Å². The van der Waals surface area contributed by atoms with Gasteiger partial charge in [-0.2, -0.15) is 0 Å². The van der Waals surface area contributed by atoms with Crippen LogP contribution in [0.4, 0.5) is 8.78 Å². The van der Waals surface area contributed by atoms with Crippen molar-refractivity contribution in [2.75, 3.05) is 0 Å². The largest absolute Gasteiger partial charge is 0.248 e. The minimum absolute atomic E-state index is 0.229. The van der Waals surface area contributed by atoms with Gasteiger partial charge in [-0.25, -0.2) is 8.78 Å². The van der Waals surface area contributed by atoms with E-state index in [1.807, 2.05) is 13.8 Å². The standard InChI is InChI=1S/C5H8F2.C2H6/c1-3-4-5(2,6)7;1-2/h3H,1,4H2,2H3;1-2H3. The molecule has 56 valence electrons. The minimum atomic E-state index is -2.57. The fourth-order valence-corrected chi connectivity index (χ4v) is 0.253. The molecule has 0 rings (SSSR count). The maximum Gasteiger partial charge on any atom is 0.248 e. The Balaban J connectivity index is 0. The molecular weight excluding hydrogens is 122 g/mol. The molecule has 0 nitrogen and oxygen atoms in total. The Morgan fingerprint density at radius 2 is 1.78 bits per heavy atom. The fraction of sp³-hybridized carbons (Fsp3) is 0.714. The maximum absolute atomic E-state index is 11.7. The third kappa shape index (κ3) is 18.4. The number of hydrogen-bond acceptors (Lipinski definition) is 0. The number of halogens is 2. The summed E-state index contributed by atoms with van der Waals surface area (Å²) in [5.41, 5.74) is 0. The van der Waals surface area contributed by atoms with Gasteiger partial charge < -0.3 is 0 Å². The highest BCUT2D eigenvalue weighted by molar-refractivity contribution is 4.74. The second-order valence-electron chi connectivity index (χ2n) is 1.56. The van der Waals surface area contributed by atoms with Gasteiger partial charge >= 0.3 is 0 Å². The lowest BCUT2D eigenvalue weighted by atomic mass is 10.3. The van der Waals surface area contributed by atoms with E-state index >= 15 is 0 Å². The molecule has 0 bridgehead atoms. The highest BCUT2D eigenvalue weighted by Gasteiger charge is 2.17. The minimum Gasteiger partial charge on any atom is -0.207 e. The van der Waals surface area contributed by atoms with Gasteiger partial charge in [0.2, 0.25) is 5.92 Å². The summed E-state index contributed by atoms with van der Waals surface area (Å²) in [4.78, 5) is 0. The summed E-state index contributed by atoms with van der Waals surface area (Å²) in [5.74, 6) is -2.57. The first-order valence-electron chi connectivity index (χ1n) is 3.05. The van der Waals surface area contributed by atoms with Crippen LogP contribution in [0.15, 0.2) is 12.7 Å². The third-order valence-corrected chi connectivity index (χ3v) is 0.503. The Bertz CT molecular complexity index is 61.8. The molecule has 0 spiro atoms. The van der Waals surface area contributed by atoms with Crippen molar-refractivity contribution < 1.29 is 8.78 Å².